The number of fused-ring (bicyclic) bond motifs is 3. The minimum atomic E-state index is -0.975. The van der Waals surface area contributed by atoms with Crippen molar-refractivity contribution in [3.63, 3.8) is 0 Å². The van der Waals surface area contributed by atoms with Gasteiger partial charge in [-0.2, -0.15) is 0 Å². The summed E-state index contributed by atoms with van der Waals surface area (Å²) in [6, 6.07) is 23.2. The van der Waals surface area contributed by atoms with Crippen molar-refractivity contribution >= 4 is 38.9 Å². The van der Waals surface area contributed by atoms with Crippen molar-refractivity contribution in [3.05, 3.63) is 106 Å². The average molecular weight is 615 g/mol. The quantitative estimate of drug-likeness (QED) is 0.141. The Hall–Kier alpha value is -4.71. The third-order valence-corrected chi connectivity index (χ3v) is 8.97. The Morgan fingerprint density at radius 1 is 0.783 bits per heavy atom. The molecule has 236 valence electrons. The number of aromatic hydroxyl groups is 1. The molecule has 6 heteroatoms. The Bertz CT molecular complexity index is 1980. The van der Waals surface area contributed by atoms with Gasteiger partial charge in [0.1, 0.15) is 22.9 Å². The summed E-state index contributed by atoms with van der Waals surface area (Å²) in [5, 5.41) is 16.9. The van der Waals surface area contributed by atoms with E-state index < -0.39 is 5.92 Å². The number of aromatic nitrogens is 1. The van der Waals surface area contributed by atoms with Gasteiger partial charge in [0.05, 0.1) is 12.3 Å². The molecular formula is C40H42N2O4. The lowest BCUT2D eigenvalue weighted by molar-refractivity contribution is 0.0888. The summed E-state index contributed by atoms with van der Waals surface area (Å²) in [7, 11) is 1.85. The summed E-state index contributed by atoms with van der Waals surface area (Å²) < 4.78 is 6.28. The first kappa shape index (κ1) is 31.3. The zero-order valence-electron chi connectivity index (χ0n) is 27.7. The molecule has 1 aromatic heterocycles. The molecule has 6 nitrogen and oxygen atoms in total. The van der Waals surface area contributed by atoms with Crippen molar-refractivity contribution in [2.75, 3.05) is 19.0 Å². The second kappa shape index (κ2) is 11.6. The van der Waals surface area contributed by atoms with Gasteiger partial charge >= 0.3 is 0 Å². The van der Waals surface area contributed by atoms with Crippen LogP contribution in [0.5, 0.6) is 11.5 Å². The minimum absolute atomic E-state index is 0.185. The van der Waals surface area contributed by atoms with Gasteiger partial charge in [-0.1, -0.05) is 77.9 Å². The van der Waals surface area contributed by atoms with Crippen LogP contribution in [0.2, 0.25) is 0 Å². The number of aryl methyl sites for hydroxylation is 1. The van der Waals surface area contributed by atoms with Crippen LogP contribution in [-0.4, -0.2) is 35.3 Å². The normalized spacial score (nSPS) is 15.1. The molecular weight excluding hydrogens is 572 g/mol. The van der Waals surface area contributed by atoms with Crippen molar-refractivity contribution in [2.45, 2.75) is 71.1 Å². The summed E-state index contributed by atoms with van der Waals surface area (Å²) in [5.41, 5.74) is 5.61. The number of rotatable bonds is 7. The molecule has 0 saturated heterocycles. The fraction of sp³-hybridized carbons (Fsp3) is 0.325. The summed E-state index contributed by atoms with van der Waals surface area (Å²) in [5.74, 6) is -0.410. The van der Waals surface area contributed by atoms with Gasteiger partial charge in [0.2, 0.25) is 0 Å². The Labute approximate surface area is 270 Å². The van der Waals surface area contributed by atoms with Crippen LogP contribution >= 0.6 is 0 Å². The average Bonchev–Trinajstić information content (AvgIpc) is 3.25. The molecule has 4 aromatic carbocycles. The van der Waals surface area contributed by atoms with Gasteiger partial charge < -0.3 is 15.2 Å². The second-order valence-electron chi connectivity index (χ2n) is 14.4. The zero-order valence-corrected chi connectivity index (χ0v) is 27.7. The largest absolute Gasteiger partial charge is 0.507 e. The van der Waals surface area contributed by atoms with E-state index in [1.54, 1.807) is 6.07 Å². The topological polar surface area (TPSA) is 88.5 Å². The second-order valence-corrected chi connectivity index (χ2v) is 14.4. The molecule has 0 saturated carbocycles. The van der Waals surface area contributed by atoms with Crippen molar-refractivity contribution in [3.8, 4) is 11.5 Å². The molecule has 0 bridgehead atoms. The van der Waals surface area contributed by atoms with Gasteiger partial charge in [-0.25, -0.2) is 4.98 Å². The molecule has 0 spiro atoms. The zero-order chi connectivity index (χ0) is 33.0. The lowest BCUT2D eigenvalue weighted by atomic mass is 9.78. The number of hydrogen-bond acceptors (Lipinski definition) is 6. The molecule has 1 unspecified atom stereocenters. The molecule has 0 aliphatic heterocycles. The van der Waals surface area contributed by atoms with E-state index in [0.717, 1.165) is 45.8 Å². The van der Waals surface area contributed by atoms with Crippen molar-refractivity contribution < 1.29 is 19.4 Å². The number of phenolic OH excluding ortho intramolecular Hbond substituents is 1. The monoisotopic (exact) mass is 614 g/mol. The highest BCUT2D eigenvalue weighted by molar-refractivity contribution is 6.30. The number of Topliss-reactive ketones (excluding diaryl/α,β-unsaturated/α-hetero) is 2. The fourth-order valence-corrected chi connectivity index (χ4v) is 6.41. The van der Waals surface area contributed by atoms with E-state index in [2.05, 4.69) is 59.0 Å². The molecule has 2 N–H and O–H groups in total. The number of nitrogens with one attached hydrogen (secondary N) is 1. The van der Waals surface area contributed by atoms with Crippen molar-refractivity contribution in [1.29, 1.82) is 0 Å². The molecule has 6 rings (SSSR count). The molecule has 1 aliphatic carbocycles. The lowest BCUT2D eigenvalue weighted by Crippen LogP contribution is -2.18. The maximum Gasteiger partial charge on any atom is 0.180 e. The number of benzene rings is 4. The van der Waals surface area contributed by atoms with E-state index >= 15 is 0 Å². The van der Waals surface area contributed by atoms with Crippen LogP contribution in [0.25, 0.3) is 21.7 Å². The first-order chi connectivity index (χ1) is 21.8. The first-order valence-electron chi connectivity index (χ1n) is 16.0. The number of hydrogen-bond donors (Lipinski definition) is 2. The van der Waals surface area contributed by atoms with Gasteiger partial charge in [0, 0.05) is 29.2 Å². The smallest absolute Gasteiger partial charge is 0.180 e. The molecule has 1 heterocycles. The Morgan fingerprint density at radius 2 is 1.41 bits per heavy atom. The maximum absolute atomic E-state index is 13.6. The lowest BCUT2D eigenvalue weighted by Gasteiger charge is -2.28. The third-order valence-electron chi connectivity index (χ3n) is 8.97. The number of ketones is 2. The molecule has 5 aromatic rings. The van der Waals surface area contributed by atoms with Crippen LogP contribution in [0, 0.1) is 0 Å². The Morgan fingerprint density at radius 3 is 2.04 bits per heavy atom. The van der Waals surface area contributed by atoms with E-state index in [1.807, 2.05) is 61.6 Å². The standard InChI is InChI=1S/C40H42N2O4/c1-39(2,3)30-18-23(19-31(38(30)45)40(4,5)6)10-9-17-46-33-12-8-11-24-14-16-32(42-35(24)33)34-36(43)28-21-25-13-15-27(41-7)20-26(25)22-29(28)37(34)44/h8,11-16,18-22,34,41,45H,9-10,17H2,1-7H3. The molecule has 0 fully saturated rings. The van der Waals surface area contributed by atoms with Crippen LogP contribution in [0.3, 0.4) is 0 Å². The SMILES string of the molecule is CNc1ccc2cc3c(cc2c1)C(=O)C(c1ccc2cccc(OCCCc4cc(C(C)(C)C)c(O)c(C(C)(C)C)c4)c2n1)C3=O. The Balaban J connectivity index is 1.23. The highest BCUT2D eigenvalue weighted by atomic mass is 16.5. The number of anilines is 1. The first-order valence-corrected chi connectivity index (χ1v) is 16.0. The van der Waals surface area contributed by atoms with Crippen LogP contribution < -0.4 is 10.1 Å². The highest BCUT2D eigenvalue weighted by Crippen LogP contribution is 2.40. The number of para-hydroxylation sites is 1. The molecule has 1 atom stereocenters. The minimum Gasteiger partial charge on any atom is -0.507 e. The summed E-state index contributed by atoms with van der Waals surface area (Å²) >= 11 is 0. The van der Waals surface area contributed by atoms with Gasteiger partial charge in [0.25, 0.3) is 0 Å². The molecule has 1 aliphatic rings. The van der Waals surface area contributed by atoms with E-state index in [-0.39, 0.29) is 22.4 Å². The summed E-state index contributed by atoms with van der Waals surface area (Å²) in [4.78, 5) is 32.1. The molecule has 0 amide bonds. The van der Waals surface area contributed by atoms with E-state index in [4.69, 9.17) is 9.72 Å². The van der Waals surface area contributed by atoms with Gasteiger partial charge in [0.15, 0.2) is 11.6 Å². The number of pyridine rings is 1. The molecule has 0 radical (unpaired) electrons. The molecule has 46 heavy (non-hydrogen) atoms. The highest BCUT2D eigenvalue weighted by Gasteiger charge is 2.41. The number of carbonyl (C=O) groups excluding carboxylic acids is 2. The number of carbonyl (C=O) groups is 2. The van der Waals surface area contributed by atoms with Gasteiger partial charge in [-0.15, -0.1) is 0 Å². The predicted octanol–water partition coefficient (Wildman–Crippen LogP) is 8.90. The Kier molecular flexibility index (Phi) is 7.87. The third kappa shape index (κ3) is 5.73. The summed E-state index contributed by atoms with van der Waals surface area (Å²) in [6.45, 7) is 13.2. The van der Waals surface area contributed by atoms with E-state index in [1.165, 1.54) is 5.56 Å². The van der Waals surface area contributed by atoms with Crippen LogP contribution in [0.1, 0.15) is 97.0 Å². The maximum atomic E-state index is 13.6. The predicted molar refractivity (Wildman–Crippen MR) is 186 cm³/mol. The summed E-state index contributed by atoms with van der Waals surface area (Å²) in [6.07, 6.45) is 1.56. The van der Waals surface area contributed by atoms with Crippen molar-refractivity contribution in [2.24, 2.45) is 0 Å². The van der Waals surface area contributed by atoms with Crippen molar-refractivity contribution in [1.82, 2.24) is 4.98 Å². The van der Waals surface area contributed by atoms with E-state index in [0.29, 0.717) is 40.4 Å². The van der Waals surface area contributed by atoms with Crippen LogP contribution in [0.15, 0.2) is 72.8 Å². The number of ether oxygens (including phenoxy) is 1. The fourth-order valence-electron chi connectivity index (χ4n) is 6.41. The number of phenols is 1. The van der Waals surface area contributed by atoms with Gasteiger partial charge in [-0.05, 0) is 87.5 Å². The van der Waals surface area contributed by atoms with Crippen LogP contribution in [-0.2, 0) is 17.3 Å². The van der Waals surface area contributed by atoms with Gasteiger partial charge in [-0.3, -0.25) is 9.59 Å². The van der Waals surface area contributed by atoms with E-state index in [9.17, 15) is 14.7 Å². The van der Waals surface area contributed by atoms with Crippen LogP contribution in [0.4, 0.5) is 5.69 Å². The number of nitrogens with zero attached hydrogens (tertiary/aromatic N) is 1.